The van der Waals surface area contributed by atoms with Crippen LogP contribution in [0.2, 0.25) is 0 Å². The number of likely N-dealkylation sites (tertiary alicyclic amines) is 1. The predicted octanol–water partition coefficient (Wildman–Crippen LogP) is 2.34. The highest BCUT2D eigenvalue weighted by molar-refractivity contribution is 5.81. The van der Waals surface area contributed by atoms with Gasteiger partial charge < -0.3 is 9.84 Å². The van der Waals surface area contributed by atoms with Gasteiger partial charge in [-0.15, -0.1) is 0 Å². The fourth-order valence-corrected chi connectivity index (χ4v) is 3.38. The van der Waals surface area contributed by atoms with Crippen molar-refractivity contribution in [2.75, 3.05) is 13.1 Å². The van der Waals surface area contributed by atoms with Crippen LogP contribution < -0.4 is 5.32 Å². The Kier molecular flexibility index (Phi) is 5.81. The number of piperidine rings is 1. The van der Waals surface area contributed by atoms with Crippen molar-refractivity contribution in [1.82, 2.24) is 20.4 Å². The number of carbonyl (C=O) groups is 1. The number of hydrogen-bond donors (Lipinski definition) is 1. The Bertz CT molecular complexity index is 678. The molecule has 1 saturated heterocycles. The fourth-order valence-electron chi connectivity index (χ4n) is 3.38. The first-order valence-corrected chi connectivity index (χ1v) is 8.96. The van der Waals surface area contributed by atoms with E-state index in [2.05, 4.69) is 50.7 Å². The van der Waals surface area contributed by atoms with Crippen molar-refractivity contribution in [2.24, 2.45) is 5.92 Å². The number of nitrogens with zero attached hydrogens (tertiary/aromatic N) is 3. The highest BCUT2D eigenvalue weighted by Gasteiger charge is 2.26. The third-order valence-electron chi connectivity index (χ3n) is 4.93. The van der Waals surface area contributed by atoms with E-state index < -0.39 is 0 Å². The first-order chi connectivity index (χ1) is 12.1. The summed E-state index contributed by atoms with van der Waals surface area (Å²) in [6, 6.07) is 10.5. The second-order valence-corrected chi connectivity index (χ2v) is 6.80. The molecule has 1 N–H and O–H groups in total. The van der Waals surface area contributed by atoms with Crippen LogP contribution in [0.3, 0.4) is 0 Å². The van der Waals surface area contributed by atoms with Crippen molar-refractivity contribution in [3.63, 3.8) is 0 Å². The Morgan fingerprint density at radius 3 is 2.68 bits per heavy atom. The Hall–Kier alpha value is -2.21. The monoisotopic (exact) mass is 342 g/mol. The highest BCUT2D eigenvalue weighted by atomic mass is 16.5. The summed E-state index contributed by atoms with van der Waals surface area (Å²) in [4.78, 5) is 18.7. The Labute approximate surface area is 148 Å². The number of amides is 1. The molecule has 2 heterocycles. The van der Waals surface area contributed by atoms with E-state index in [0.29, 0.717) is 17.6 Å². The summed E-state index contributed by atoms with van der Waals surface area (Å²) in [7, 11) is 0. The van der Waals surface area contributed by atoms with Gasteiger partial charge in [-0.3, -0.25) is 9.69 Å². The molecular formula is C19H26N4O2. The maximum Gasteiger partial charge on any atom is 0.246 e. The second kappa shape index (κ2) is 8.25. The van der Waals surface area contributed by atoms with E-state index >= 15 is 0 Å². The molecule has 1 aromatic heterocycles. The van der Waals surface area contributed by atoms with E-state index in [9.17, 15) is 4.79 Å². The third kappa shape index (κ3) is 4.89. The number of aromatic nitrogens is 2. The molecule has 1 aromatic carbocycles. The molecule has 0 spiro atoms. The molecule has 1 fully saturated rings. The topological polar surface area (TPSA) is 71.3 Å². The van der Waals surface area contributed by atoms with Crippen molar-refractivity contribution in [3.8, 4) is 0 Å². The molecule has 1 amide bonds. The van der Waals surface area contributed by atoms with E-state index in [1.807, 2.05) is 6.92 Å². The molecule has 0 saturated carbocycles. The summed E-state index contributed by atoms with van der Waals surface area (Å²) in [6.07, 6.45) is 3.40. The number of benzene rings is 1. The molecular weight excluding hydrogens is 316 g/mol. The van der Waals surface area contributed by atoms with Crippen LogP contribution in [0, 0.1) is 12.8 Å². The first kappa shape index (κ1) is 17.6. The number of aryl methyl sites for hydroxylation is 1. The number of carbonyl (C=O) groups excluding carboxylic acids is 1. The summed E-state index contributed by atoms with van der Waals surface area (Å²) >= 11 is 0. The van der Waals surface area contributed by atoms with Crippen LogP contribution in [0.25, 0.3) is 0 Å². The van der Waals surface area contributed by atoms with E-state index in [4.69, 9.17) is 4.52 Å². The summed E-state index contributed by atoms with van der Waals surface area (Å²) < 4.78 is 5.02. The highest BCUT2D eigenvalue weighted by Crippen LogP contribution is 2.22. The van der Waals surface area contributed by atoms with Crippen molar-refractivity contribution >= 4 is 5.91 Å². The minimum absolute atomic E-state index is 0.0114. The first-order valence-electron chi connectivity index (χ1n) is 8.96. The van der Waals surface area contributed by atoms with Gasteiger partial charge >= 0.3 is 0 Å². The van der Waals surface area contributed by atoms with Crippen LogP contribution in [-0.4, -0.2) is 40.1 Å². The minimum Gasteiger partial charge on any atom is -0.346 e. The van der Waals surface area contributed by atoms with E-state index in [-0.39, 0.29) is 18.5 Å². The molecule has 134 valence electrons. The Morgan fingerprint density at radius 1 is 1.32 bits per heavy atom. The summed E-state index contributed by atoms with van der Waals surface area (Å²) in [6.45, 7) is 5.94. The molecule has 1 unspecified atom stereocenters. The van der Waals surface area contributed by atoms with Gasteiger partial charge in [0.25, 0.3) is 0 Å². The normalized spacial score (nSPS) is 17.4. The molecule has 0 aliphatic carbocycles. The van der Waals surface area contributed by atoms with Crippen molar-refractivity contribution in [1.29, 1.82) is 0 Å². The van der Waals surface area contributed by atoms with Crippen LogP contribution in [0.1, 0.15) is 37.0 Å². The average molecular weight is 342 g/mol. The van der Waals surface area contributed by atoms with E-state index in [1.165, 1.54) is 5.56 Å². The lowest BCUT2D eigenvalue weighted by Crippen LogP contribution is -2.48. The molecule has 6 nitrogen and oxygen atoms in total. The van der Waals surface area contributed by atoms with Crippen molar-refractivity contribution < 1.29 is 9.32 Å². The minimum atomic E-state index is -0.137. The zero-order chi connectivity index (χ0) is 17.6. The SMILES string of the molecule is Cc1noc(CNC(=O)C(C)N2CCC(Cc3ccccc3)CC2)n1. The maximum absolute atomic E-state index is 12.4. The largest absolute Gasteiger partial charge is 0.346 e. The fraction of sp³-hybridized carbons (Fsp3) is 0.526. The number of nitrogens with one attached hydrogen (secondary N) is 1. The van der Waals surface area contributed by atoms with Crippen molar-refractivity contribution in [3.05, 3.63) is 47.6 Å². The van der Waals surface area contributed by atoms with E-state index in [0.717, 1.165) is 32.4 Å². The molecule has 1 aliphatic rings. The van der Waals surface area contributed by atoms with Gasteiger partial charge in [-0.05, 0) is 57.7 Å². The Balaban J connectivity index is 1.42. The molecule has 2 aromatic rings. The molecule has 0 radical (unpaired) electrons. The van der Waals surface area contributed by atoms with Crippen LogP contribution >= 0.6 is 0 Å². The standard InChI is InChI=1S/C19H26N4O2/c1-14(19(24)20-13-18-21-15(2)22-25-18)23-10-8-17(9-11-23)12-16-6-4-3-5-7-16/h3-7,14,17H,8-13H2,1-2H3,(H,20,24). The van der Waals surface area contributed by atoms with Gasteiger partial charge in [0, 0.05) is 0 Å². The molecule has 25 heavy (non-hydrogen) atoms. The van der Waals surface area contributed by atoms with Gasteiger partial charge in [0.05, 0.1) is 12.6 Å². The van der Waals surface area contributed by atoms with Gasteiger partial charge in [-0.1, -0.05) is 35.5 Å². The zero-order valence-corrected chi connectivity index (χ0v) is 14.9. The average Bonchev–Trinajstić information content (AvgIpc) is 3.06. The van der Waals surface area contributed by atoms with Gasteiger partial charge in [-0.25, -0.2) is 0 Å². The van der Waals surface area contributed by atoms with Gasteiger partial charge in [0.15, 0.2) is 5.82 Å². The van der Waals surface area contributed by atoms with Gasteiger partial charge in [0.2, 0.25) is 11.8 Å². The van der Waals surface area contributed by atoms with Crippen LogP contribution in [0.4, 0.5) is 0 Å². The van der Waals surface area contributed by atoms with Gasteiger partial charge in [0.1, 0.15) is 0 Å². The zero-order valence-electron chi connectivity index (χ0n) is 14.9. The third-order valence-corrected chi connectivity index (χ3v) is 4.93. The quantitative estimate of drug-likeness (QED) is 0.872. The summed E-state index contributed by atoms with van der Waals surface area (Å²) in [5.41, 5.74) is 1.40. The molecule has 6 heteroatoms. The molecule has 1 aliphatic heterocycles. The lowest BCUT2D eigenvalue weighted by molar-refractivity contribution is -0.126. The van der Waals surface area contributed by atoms with Crippen LogP contribution in [0.15, 0.2) is 34.9 Å². The smallest absolute Gasteiger partial charge is 0.246 e. The lowest BCUT2D eigenvalue weighted by Gasteiger charge is -2.35. The summed E-state index contributed by atoms with van der Waals surface area (Å²) in [5.74, 6) is 1.74. The number of hydrogen-bond acceptors (Lipinski definition) is 5. The van der Waals surface area contributed by atoms with E-state index in [1.54, 1.807) is 6.92 Å². The number of rotatable bonds is 6. The maximum atomic E-state index is 12.4. The van der Waals surface area contributed by atoms with Gasteiger partial charge in [-0.2, -0.15) is 4.98 Å². The summed E-state index contributed by atoms with van der Waals surface area (Å²) in [5, 5.41) is 6.61. The molecule has 3 rings (SSSR count). The second-order valence-electron chi connectivity index (χ2n) is 6.80. The Morgan fingerprint density at radius 2 is 2.04 bits per heavy atom. The van der Waals surface area contributed by atoms with Crippen molar-refractivity contribution in [2.45, 2.75) is 45.7 Å². The molecule has 0 bridgehead atoms. The van der Waals surface area contributed by atoms with Crippen LogP contribution in [-0.2, 0) is 17.8 Å². The van der Waals surface area contributed by atoms with Crippen LogP contribution in [0.5, 0.6) is 0 Å². The molecule has 1 atom stereocenters. The lowest BCUT2D eigenvalue weighted by atomic mass is 9.89. The predicted molar refractivity (Wildman–Crippen MR) is 94.8 cm³/mol.